The zero-order chi connectivity index (χ0) is 11.3. The topological polar surface area (TPSA) is 53.3 Å². The molecular formula is C9H17N2O3P. The zero-order valence-corrected chi connectivity index (χ0v) is 10.2. The fourth-order valence-electron chi connectivity index (χ4n) is 1.28. The van der Waals surface area contributed by atoms with E-state index in [1.807, 2.05) is 6.07 Å². The lowest BCUT2D eigenvalue weighted by Gasteiger charge is -2.16. The number of nitrogens with zero attached hydrogens (tertiary/aromatic N) is 2. The minimum absolute atomic E-state index is 0.269. The summed E-state index contributed by atoms with van der Waals surface area (Å²) in [6.07, 6.45) is 1.93. The van der Waals surface area contributed by atoms with Crippen LogP contribution in [0.5, 0.6) is 0 Å². The average Bonchev–Trinajstić information content (AvgIpc) is 2.52. The van der Waals surface area contributed by atoms with Crippen molar-refractivity contribution in [3.8, 4) is 0 Å². The molecule has 0 unspecified atom stereocenters. The highest BCUT2D eigenvalue weighted by atomic mass is 31.2. The van der Waals surface area contributed by atoms with Crippen molar-refractivity contribution in [1.29, 1.82) is 0 Å². The summed E-state index contributed by atoms with van der Waals surface area (Å²) in [5, 5.41) is 4.01. The Kier molecular flexibility index (Phi) is 4.51. The van der Waals surface area contributed by atoms with Gasteiger partial charge in [-0.05, 0) is 19.9 Å². The van der Waals surface area contributed by atoms with Crippen molar-refractivity contribution in [2.75, 3.05) is 13.2 Å². The predicted molar refractivity (Wildman–Crippen MR) is 57.8 cm³/mol. The van der Waals surface area contributed by atoms with Crippen molar-refractivity contribution in [2.45, 2.75) is 20.0 Å². The third-order valence-electron chi connectivity index (χ3n) is 1.93. The number of hydrogen-bond donors (Lipinski definition) is 0. The summed E-state index contributed by atoms with van der Waals surface area (Å²) in [6, 6.07) is 1.81. The van der Waals surface area contributed by atoms with E-state index >= 15 is 0 Å². The Hall–Kier alpha value is -0.640. The van der Waals surface area contributed by atoms with Gasteiger partial charge in [-0.1, -0.05) is 0 Å². The Bertz CT molecular complexity index is 341. The van der Waals surface area contributed by atoms with Gasteiger partial charge in [0, 0.05) is 13.2 Å². The highest BCUT2D eigenvalue weighted by Gasteiger charge is 2.25. The fourth-order valence-corrected chi connectivity index (χ4v) is 3.03. The van der Waals surface area contributed by atoms with Gasteiger partial charge in [0.05, 0.1) is 25.1 Å². The van der Waals surface area contributed by atoms with Crippen LogP contribution in [0.4, 0.5) is 0 Å². The van der Waals surface area contributed by atoms with Crippen LogP contribution in [0.2, 0.25) is 0 Å². The first kappa shape index (κ1) is 12.4. The Balaban J connectivity index is 2.75. The van der Waals surface area contributed by atoms with Crippen molar-refractivity contribution in [3.63, 3.8) is 0 Å². The van der Waals surface area contributed by atoms with Crippen LogP contribution in [0.1, 0.15) is 19.5 Å². The Morgan fingerprint density at radius 3 is 2.40 bits per heavy atom. The maximum atomic E-state index is 12.1. The van der Waals surface area contributed by atoms with Gasteiger partial charge in [0.25, 0.3) is 0 Å². The average molecular weight is 232 g/mol. The summed E-state index contributed by atoms with van der Waals surface area (Å²) in [7, 11) is -1.19. The van der Waals surface area contributed by atoms with Gasteiger partial charge < -0.3 is 9.05 Å². The van der Waals surface area contributed by atoms with E-state index in [1.54, 1.807) is 31.8 Å². The van der Waals surface area contributed by atoms with Crippen LogP contribution in [0.3, 0.4) is 0 Å². The lowest BCUT2D eigenvalue weighted by atomic mass is 10.5. The van der Waals surface area contributed by atoms with E-state index in [-0.39, 0.29) is 6.16 Å². The quantitative estimate of drug-likeness (QED) is 0.705. The molecular weight excluding hydrogens is 215 g/mol. The van der Waals surface area contributed by atoms with Gasteiger partial charge in [-0.2, -0.15) is 5.10 Å². The van der Waals surface area contributed by atoms with E-state index in [4.69, 9.17) is 9.05 Å². The van der Waals surface area contributed by atoms with Crippen LogP contribution in [-0.4, -0.2) is 23.0 Å². The molecule has 0 aliphatic carbocycles. The molecule has 0 N–H and O–H groups in total. The van der Waals surface area contributed by atoms with Gasteiger partial charge in [0.1, 0.15) is 0 Å². The van der Waals surface area contributed by atoms with Crippen molar-refractivity contribution in [2.24, 2.45) is 7.05 Å². The monoisotopic (exact) mass is 232 g/mol. The first-order valence-electron chi connectivity index (χ1n) is 4.96. The second-order valence-corrected chi connectivity index (χ2v) is 5.11. The lowest BCUT2D eigenvalue weighted by molar-refractivity contribution is 0.218. The summed E-state index contributed by atoms with van der Waals surface area (Å²) in [5.74, 6) is 0. The Labute approximate surface area is 89.9 Å². The molecule has 0 amide bonds. The van der Waals surface area contributed by atoms with E-state index < -0.39 is 7.60 Å². The molecule has 6 heteroatoms. The normalized spacial score (nSPS) is 11.9. The van der Waals surface area contributed by atoms with Crippen molar-refractivity contribution in [3.05, 3.63) is 18.0 Å². The van der Waals surface area contributed by atoms with Gasteiger partial charge in [-0.25, -0.2) is 0 Å². The SMILES string of the molecule is CCOP(=O)(Cc1ccnn1C)OCC. The van der Waals surface area contributed by atoms with E-state index in [2.05, 4.69) is 5.10 Å². The molecule has 5 nitrogen and oxygen atoms in total. The van der Waals surface area contributed by atoms with Crippen LogP contribution in [0, 0.1) is 0 Å². The number of rotatable bonds is 6. The maximum absolute atomic E-state index is 12.1. The summed E-state index contributed by atoms with van der Waals surface area (Å²) in [5.41, 5.74) is 0.847. The lowest BCUT2D eigenvalue weighted by Crippen LogP contribution is -2.03. The summed E-state index contributed by atoms with van der Waals surface area (Å²) in [4.78, 5) is 0. The number of aromatic nitrogens is 2. The second kappa shape index (κ2) is 5.45. The molecule has 0 saturated heterocycles. The van der Waals surface area contributed by atoms with E-state index in [0.29, 0.717) is 13.2 Å². The molecule has 15 heavy (non-hydrogen) atoms. The smallest absolute Gasteiger partial charge is 0.309 e. The highest BCUT2D eigenvalue weighted by Crippen LogP contribution is 2.51. The minimum Gasteiger partial charge on any atom is -0.309 e. The summed E-state index contributed by atoms with van der Waals surface area (Å²) < 4.78 is 24.2. The molecule has 0 atom stereocenters. The van der Waals surface area contributed by atoms with E-state index in [1.165, 1.54) is 0 Å². The minimum atomic E-state index is -3.00. The molecule has 86 valence electrons. The first-order chi connectivity index (χ1) is 7.11. The molecule has 0 aliphatic heterocycles. The van der Waals surface area contributed by atoms with Crippen LogP contribution in [-0.2, 0) is 26.8 Å². The van der Waals surface area contributed by atoms with Gasteiger partial charge in [0.15, 0.2) is 0 Å². The van der Waals surface area contributed by atoms with E-state index in [0.717, 1.165) is 5.69 Å². The summed E-state index contributed by atoms with van der Waals surface area (Å²) >= 11 is 0. The van der Waals surface area contributed by atoms with Crippen molar-refractivity contribution in [1.82, 2.24) is 9.78 Å². The molecule has 0 saturated carbocycles. The molecule has 0 fully saturated rings. The van der Waals surface area contributed by atoms with Gasteiger partial charge in [-0.15, -0.1) is 0 Å². The Morgan fingerprint density at radius 2 is 2.00 bits per heavy atom. The van der Waals surface area contributed by atoms with Crippen LogP contribution in [0.25, 0.3) is 0 Å². The molecule has 0 aromatic carbocycles. The second-order valence-electron chi connectivity index (χ2n) is 3.05. The molecule has 1 rings (SSSR count). The van der Waals surface area contributed by atoms with Crippen LogP contribution >= 0.6 is 7.60 Å². The van der Waals surface area contributed by atoms with Gasteiger partial charge in [-0.3, -0.25) is 9.25 Å². The summed E-state index contributed by atoms with van der Waals surface area (Å²) in [6.45, 7) is 4.37. The molecule has 0 spiro atoms. The molecule has 0 bridgehead atoms. The third-order valence-corrected chi connectivity index (χ3v) is 3.94. The van der Waals surface area contributed by atoms with Gasteiger partial charge >= 0.3 is 7.60 Å². The first-order valence-corrected chi connectivity index (χ1v) is 6.69. The Morgan fingerprint density at radius 1 is 1.40 bits per heavy atom. The molecule has 1 aromatic rings. The standard InChI is InChI=1S/C9H17N2O3P/c1-4-13-15(12,14-5-2)8-9-6-7-10-11(9)3/h6-7H,4-5,8H2,1-3H3. The van der Waals surface area contributed by atoms with Crippen LogP contribution < -0.4 is 0 Å². The van der Waals surface area contributed by atoms with Crippen molar-refractivity contribution >= 4 is 7.60 Å². The molecule has 1 heterocycles. The largest absolute Gasteiger partial charge is 0.336 e. The zero-order valence-electron chi connectivity index (χ0n) is 9.34. The predicted octanol–water partition coefficient (Wildman–Crippen LogP) is 2.19. The molecule has 1 aromatic heterocycles. The van der Waals surface area contributed by atoms with Crippen LogP contribution in [0.15, 0.2) is 12.3 Å². The van der Waals surface area contributed by atoms with Crippen molar-refractivity contribution < 1.29 is 13.6 Å². The molecule has 0 aliphatic rings. The maximum Gasteiger partial charge on any atom is 0.336 e. The highest BCUT2D eigenvalue weighted by molar-refractivity contribution is 7.53. The number of aryl methyl sites for hydroxylation is 1. The third kappa shape index (κ3) is 3.45. The fraction of sp³-hybridized carbons (Fsp3) is 0.667. The van der Waals surface area contributed by atoms with Gasteiger partial charge in [0.2, 0.25) is 0 Å². The van der Waals surface area contributed by atoms with E-state index in [9.17, 15) is 4.57 Å². The molecule has 0 radical (unpaired) electrons. The number of hydrogen-bond acceptors (Lipinski definition) is 4.